The number of furan rings is 1. The summed E-state index contributed by atoms with van der Waals surface area (Å²) >= 11 is 15.8. The first kappa shape index (κ1) is 14.0. The summed E-state index contributed by atoms with van der Waals surface area (Å²) in [5.74, 6) is 0.633. The van der Waals surface area contributed by atoms with Crippen molar-refractivity contribution in [1.82, 2.24) is 0 Å². The highest BCUT2D eigenvalue weighted by Crippen LogP contribution is 2.35. The minimum absolute atomic E-state index is 0.441. The van der Waals surface area contributed by atoms with Gasteiger partial charge in [0.05, 0.1) is 16.1 Å². The van der Waals surface area contributed by atoms with Gasteiger partial charge < -0.3 is 10.2 Å². The van der Waals surface area contributed by atoms with Gasteiger partial charge >= 0.3 is 0 Å². The minimum Gasteiger partial charge on any atom is -0.457 e. The molecule has 0 amide bonds. The third kappa shape index (κ3) is 2.35. The molecule has 0 aliphatic heterocycles. The second kappa shape index (κ2) is 5.41. The highest BCUT2D eigenvalue weighted by molar-refractivity contribution is 9.10. The Balaban J connectivity index is 2.10. The van der Waals surface area contributed by atoms with Crippen molar-refractivity contribution in [2.24, 2.45) is 5.73 Å². The van der Waals surface area contributed by atoms with Gasteiger partial charge in [0.25, 0.3) is 0 Å². The fraction of sp³-hybridized carbons (Fsp3) is 0.0667. The molecule has 1 atom stereocenters. The van der Waals surface area contributed by atoms with E-state index in [-0.39, 0.29) is 0 Å². The van der Waals surface area contributed by atoms with Crippen molar-refractivity contribution in [2.75, 3.05) is 0 Å². The Morgan fingerprint density at radius 2 is 1.85 bits per heavy atom. The summed E-state index contributed by atoms with van der Waals surface area (Å²) in [7, 11) is 0. The summed E-state index contributed by atoms with van der Waals surface area (Å²) in [5, 5.41) is 2.09. The van der Waals surface area contributed by atoms with Gasteiger partial charge in [-0.15, -0.1) is 0 Å². The first-order chi connectivity index (χ1) is 9.58. The molecule has 0 aliphatic rings. The van der Waals surface area contributed by atoms with Crippen LogP contribution in [-0.2, 0) is 0 Å². The lowest BCUT2D eigenvalue weighted by Gasteiger charge is -2.11. The van der Waals surface area contributed by atoms with E-state index in [1.54, 1.807) is 6.07 Å². The van der Waals surface area contributed by atoms with E-state index in [9.17, 15) is 0 Å². The van der Waals surface area contributed by atoms with E-state index in [2.05, 4.69) is 15.9 Å². The monoisotopic (exact) mass is 369 g/mol. The first-order valence-corrected chi connectivity index (χ1v) is 7.50. The molecule has 0 radical (unpaired) electrons. The van der Waals surface area contributed by atoms with Crippen LogP contribution in [0.2, 0.25) is 10.0 Å². The van der Waals surface area contributed by atoms with Gasteiger partial charge in [-0.25, -0.2) is 0 Å². The lowest BCUT2D eigenvalue weighted by molar-refractivity contribution is 0.525. The van der Waals surface area contributed by atoms with E-state index >= 15 is 0 Å². The summed E-state index contributed by atoms with van der Waals surface area (Å²) in [5.41, 5.74) is 7.70. The molecular weight excluding hydrogens is 361 g/mol. The zero-order chi connectivity index (χ0) is 14.3. The van der Waals surface area contributed by atoms with Crippen LogP contribution in [0.15, 0.2) is 51.4 Å². The molecule has 0 saturated carbocycles. The predicted octanol–water partition coefficient (Wildman–Crippen LogP) is 5.55. The average Bonchev–Trinajstić information content (AvgIpc) is 2.87. The van der Waals surface area contributed by atoms with Crippen LogP contribution >= 0.6 is 39.1 Å². The van der Waals surface area contributed by atoms with Gasteiger partial charge in [-0.2, -0.15) is 0 Å². The molecule has 0 spiro atoms. The fourth-order valence-electron chi connectivity index (χ4n) is 2.11. The van der Waals surface area contributed by atoms with Crippen LogP contribution in [0, 0.1) is 0 Å². The summed E-state index contributed by atoms with van der Waals surface area (Å²) < 4.78 is 6.59. The second-order valence-corrected chi connectivity index (χ2v) is 6.07. The van der Waals surface area contributed by atoms with Gasteiger partial charge in [0.1, 0.15) is 5.76 Å². The van der Waals surface area contributed by atoms with E-state index in [1.165, 1.54) is 0 Å². The van der Waals surface area contributed by atoms with Crippen molar-refractivity contribution in [1.29, 1.82) is 0 Å². The highest BCUT2D eigenvalue weighted by atomic mass is 79.9. The minimum atomic E-state index is -0.441. The number of benzene rings is 2. The van der Waals surface area contributed by atoms with Gasteiger partial charge in [-0.3, -0.25) is 0 Å². The molecule has 102 valence electrons. The van der Waals surface area contributed by atoms with Gasteiger partial charge in [0, 0.05) is 9.86 Å². The number of halogens is 3. The van der Waals surface area contributed by atoms with Crippen LogP contribution in [0.3, 0.4) is 0 Å². The maximum absolute atomic E-state index is 6.27. The number of nitrogens with two attached hydrogens (primary N) is 1. The zero-order valence-electron chi connectivity index (χ0n) is 10.2. The predicted molar refractivity (Wildman–Crippen MR) is 86.4 cm³/mol. The Hall–Kier alpha value is -1.000. The molecule has 3 aromatic rings. The molecule has 1 heterocycles. The molecule has 0 saturated heterocycles. The van der Waals surface area contributed by atoms with Gasteiger partial charge in [-0.05, 0) is 39.7 Å². The Bertz CT molecular complexity index is 785. The van der Waals surface area contributed by atoms with Crippen LogP contribution in [0.5, 0.6) is 0 Å². The standard InChI is InChI=1S/C15H10BrCl2NO/c16-10-5-2-4-9(13(10)18)14(19)12-7-8-3-1-6-11(17)15(8)20-12/h1-7,14H,19H2. The zero-order valence-corrected chi connectivity index (χ0v) is 13.3. The van der Waals surface area contributed by atoms with Crippen LogP contribution in [-0.4, -0.2) is 0 Å². The van der Waals surface area contributed by atoms with Gasteiger partial charge in [0.2, 0.25) is 0 Å². The Morgan fingerprint density at radius 3 is 2.60 bits per heavy atom. The molecule has 2 aromatic carbocycles. The van der Waals surface area contributed by atoms with Crippen molar-refractivity contribution in [3.8, 4) is 0 Å². The van der Waals surface area contributed by atoms with Crippen molar-refractivity contribution in [2.45, 2.75) is 6.04 Å². The van der Waals surface area contributed by atoms with E-state index < -0.39 is 6.04 Å². The van der Waals surface area contributed by atoms with E-state index in [0.29, 0.717) is 21.4 Å². The SMILES string of the molecule is NC(c1cc2cccc(Cl)c2o1)c1cccc(Br)c1Cl. The summed E-state index contributed by atoms with van der Waals surface area (Å²) in [6.07, 6.45) is 0. The third-order valence-electron chi connectivity index (χ3n) is 3.14. The Kier molecular flexibility index (Phi) is 3.78. The number of fused-ring (bicyclic) bond motifs is 1. The van der Waals surface area contributed by atoms with Crippen LogP contribution in [0.25, 0.3) is 11.0 Å². The Morgan fingerprint density at radius 1 is 1.10 bits per heavy atom. The summed E-state index contributed by atoms with van der Waals surface area (Å²) in [6.45, 7) is 0. The third-order valence-corrected chi connectivity index (χ3v) is 4.75. The van der Waals surface area contributed by atoms with E-state index in [0.717, 1.165) is 15.4 Å². The molecular formula is C15H10BrCl2NO. The number of para-hydroxylation sites is 1. The number of rotatable bonds is 2. The lowest BCUT2D eigenvalue weighted by Crippen LogP contribution is -2.11. The highest BCUT2D eigenvalue weighted by Gasteiger charge is 2.18. The van der Waals surface area contributed by atoms with Crippen LogP contribution < -0.4 is 5.73 Å². The quantitative estimate of drug-likeness (QED) is 0.642. The molecule has 0 bridgehead atoms. The van der Waals surface area contributed by atoms with E-state index in [4.69, 9.17) is 33.4 Å². The van der Waals surface area contributed by atoms with Crippen molar-refractivity contribution in [3.05, 3.63) is 68.3 Å². The van der Waals surface area contributed by atoms with Crippen LogP contribution in [0.1, 0.15) is 17.4 Å². The average molecular weight is 371 g/mol. The van der Waals surface area contributed by atoms with Crippen molar-refractivity contribution < 1.29 is 4.42 Å². The molecule has 0 aliphatic carbocycles. The van der Waals surface area contributed by atoms with Crippen LogP contribution in [0.4, 0.5) is 0 Å². The number of hydrogen-bond acceptors (Lipinski definition) is 2. The maximum atomic E-state index is 6.27. The molecule has 20 heavy (non-hydrogen) atoms. The molecule has 2 nitrogen and oxygen atoms in total. The normalized spacial score (nSPS) is 12.8. The topological polar surface area (TPSA) is 39.2 Å². The maximum Gasteiger partial charge on any atom is 0.152 e. The van der Waals surface area contributed by atoms with E-state index in [1.807, 2.05) is 36.4 Å². The van der Waals surface area contributed by atoms with Crippen molar-refractivity contribution in [3.63, 3.8) is 0 Å². The Labute approximate surface area is 134 Å². The summed E-state index contributed by atoms with van der Waals surface area (Å²) in [6, 6.07) is 12.7. The van der Waals surface area contributed by atoms with Gasteiger partial charge in [-0.1, -0.05) is 47.5 Å². The van der Waals surface area contributed by atoms with Crippen molar-refractivity contribution >= 4 is 50.1 Å². The molecule has 0 fully saturated rings. The largest absolute Gasteiger partial charge is 0.457 e. The molecule has 3 rings (SSSR count). The molecule has 2 N–H and O–H groups in total. The first-order valence-electron chi connectivity index (χ1n) is 5.95. The molecule has 5 heteroatoms. The fourth-order valence-corrected chi connectivity index (χ4v) is 2.96. The second-order valence-electron chi connectivity index (χ2n) is 4.43. The molecule has 1 unspecified atom stereocenters. The number of hydrogen-bond donors (Lipinski definition) is 1. The smallest absolute Gasteiger partial charge is 0.152 e. The molecule has 1 aromatic heterocycles. The lowest BCUT2D eigenvalue weighted by atomic mass is 10.1. The summed E-state index contributed by atoms with van der Waals surface area (Å²) in [4.78, 5) is 0. The van der Waals surface area contributed by atoms with Gasteiger partial charge in [0.15, 0.2) is 5.58 Å².